The number of alkyl halides is 3. The topological polar surface area (TPSA) is 41.6 Å². The second-order valence-electron chi connectivity index (χ2n) is 3.94. The van der Waals surface area contributed by atoms with Crippen LogP contribution in [0.5, 0.6) is 0 Å². The van der Waals surface area contributed by atoms with E-state index in [1.54, 1.807) is 12.1 Å². The fourth-order valence-corrected chi connectivity index (χ4v) is 2.33. The van der Waals surface area contributed by atoms with Crippen molar-refractivity contribution in [1.82, 2.24) is 4.90 Å². The minimum absolute atomic E-state index is 0.00920. The first-order chi connectivity index (χ1) is 8.37. The molecule has 0 saturated carbocycles. The van der Waals surface area contributed by atoms with Gasteiger partial charge in [-0.3, -0.25) is 4.99 Å². The van der Waals surface area contributed by atoms with Gasteiger partial charge >= 0.3 is 5.51 Å². The summed E-state index contributed by atoms with van der Waals surface area (Å²) in [6.07, 6.45) is 0. The Morgan fingerprint density at radius 1 is 1.33 bits per heavy atom. The quantitative estimate of drug-likeness (QED) is 0.844. The van der Waals surface area contributed by atoms with Gasteiger partial charge in [-0.1, -0.05) is 12.1 Å². The van der Waals surface area contributed by atoms with Crippen LogP contribution in [0.3, 0.4) is 0 Å². The van der Waals surface area contributed by atoms with Crippen molar-refractivity contribution in [3.05, 3.63) is 29.8 Å². The number of hydrogen-bond acceptors (Lipinski definition) is 4. The Bertz CT molecular complexity index is 456. The van der Waals surface area contributed by atoms with Gasteiger partial charge < -0.3 is 10.6 Å². The molecule has 2 N–H and O–H groups in total. The van der Waals surface area contributed by atoms with E-state index in [1.165, 1.54) is 12.1 Å². The van der Waals surface area contributed by atoms with Crippen LogP contribution in [0.2, 0.25) is 0 Å². The lowest BCUT2D eigenvalue weighted by atomic mass is 10.1. The van der Waals surface area contributed by atoms with Crippen LogP contribution in [0.25, 0.3) is 0 Å². The monoisotopic (exact) mass is 275 g/mol. The zero-order valence-electron chi connectivity index (χ0n) is 9.61. The highest BCUT2D eigenvalue weighted by Gasteiger charge is 2.29. The Morgan fingerprint density at radius 3 is 2.39 bits per heavy atom. The number of hydrogen-bond donors (Lipinski definition) is 1. The summed E-state index contributed by atoms with van der Waals surface area (Å²) < 4.78 is 36.5. The lowest BCUT2D eigenvalue weighted by molar-refractivity contribution is -0.0328. The first-order valence-electron chi connectivity index (χ1n) is 5.25. The summed E-state index contributed by atoms with van der Waals surface area (Å²) in [5, 5.41) is 0. The largest absolute Gasteiger partial charge is 0.446 e. The van der Waals surface area contributed by atoms with Gasteiger partial charge in [0.05, 0.1) is 12.6 Å². The number of halogens is 3. The van der Waals surface area contributed by atoms with Crippen molar-refractivity contribution < 1.29 is 13.2 Å². The van der Waals surface area contributed by atoms with E-state index in [0.29, 0.717) is 12.5 Å². The predicted molar refractivity (Wildman–Crippen MR) is 65.3 cm³/mol. The molecule has 98 valence electrons. The maximum absolute atomic E-state index is 12.2. The number of nitrogens with two attached hydrogens (primary N) is 1. The lowest BCUT2D eigenvalue weighted by Crippen LogP contribution is -2.32. The Kier molecular flexibility index (Phi) is 3.43. The molecule has 0 aliphatic carbocycles. The zero-order chi connectivity index (χ0) is 13.3. The third-order valence-corrected chi connectivity index (χ3v) is 3.49. The minimum Gasteiger partial charge on any atom is -0.370 e. The van der Waals surface area contributed by atoms with E-state index in [-0.39, 0.29) is 22.7 Å². The van der Waals surface area contributed by atoms with Gasteiger partial charge in [-0.25, -0.2) is 0 Å². The summed E-state index contributed by atoms with van der Waals surface area (Å²) in [6, 6.07) is 6.31. The standard InChI is InChI=1S/C11H12F3N3S/c1-17-9(6-16-10(17)15)7-2-4-8(5-3-7)18-11(12,13)14/h2-5,9H,6H2,1H3,(H2,15,16). The van der Waals surface area contributed by atoms with Gasteiger partial charge in [-0.15, -0.1) is 0 Å². The van der Waals surface area contributed by atoms with E-state index >= 15 is 0 Å². The number of benzene rings is 1. The molecule has 0 fully saturated rings. The molecule has 1 heterocycles. The lowest BCUT2D eigenvalue weighted by Gasteiger charge is -2.21. The van der Waals surface area contributed by atoms with Crippen LogP contribution in [-0.4, -0.2) is 30.0 Å². The minimum atomic E-state index is -4.25. The molecule has 1 atom stereocenters. The Labute approximate surface area is 107 Å². The molecule has 7 heteroatoms. The molecule has 1 aromatic rings. The van der Waals surface area contributed by atoms with Gasteiger partial charge in [0.25, 0.3) is 0 Å². The maximum atomic E-state index is 12.2. The number of guanidine groups is 1. The molecule has 18 heavy (non-hydrogen) atoms. The van der Waals surface area contributed by atoms with Crippen LogP contribution in [0.4, 0.5) is 13.2 Å². The van der Waals surface area contributed by atoms with Gasteiger partial charge in [0, 0.05) is 11.9 Å². The highest BCUT2D eigenvalue weighted by atomic mass is 32.2. The number of nitrogens with zero attached hydrogens (tertiary/aromatic N) is 2. The molecule has 0 radical (unpaired) electrons. The second kappa shape index (κ2) is 4.72. The second-order valence-corrected chi connectivity index (χ2v) is 5.08. The fourth-order valence-electron chi connectivity index (χ4n) is 1.79. The summed E-state index contributed by atoms with van der Waals surface area (Å²) in [7, 11) is 1.81. The molecule has 0 bridgehead atoms. The Hall–Kier alpha value is -1.37. The Balaban J connectivity index is 2.09. The third kappa shape index (κ3) is 2.90. The van der Waals surface area contributed by atoms with Gasteiger partial charge in [0.15, 0.2) is 5.96 Å². The van der Waals surface area contributed by atoms with E-state index < -0.39 is 5.51 Å². The third-order valence-electron chi connectivity index (χ3n) is 2.75. The van der Waals surface area contributed by atoms with Crippen LogP contribution in [0.15, 0.2) is 34.2 Å². The molecule has 1 unspecified atom stereocenters. The number of aliphatic imine (C=N–C) groups is 1. The summed E-state index contributed by atoms with van der Waals surface area (Å²) in [5.74, 6) is 0.453. The van der Waals surface area contributed by atoms with E-state index in [2.05, 4.69) is 4.99 Å². The zero-order valence-corrected chi connectivity index (χ0v) is 10.4. The molecular formula is C11H12F3N3S. The SMILES string of the molecule is CN1C(N)=NCC1c1ccc(SC(F)(F)F)cc1. The molecule has 3 nitrogen and oxygen atoms in total. The molecule has 1 aliphatic rings. The molecule has 0 spiro atoms. The summed E-state index contributed by atoms with van der Waals surface area (Å²) in [5.41, 5.74) is 2.30. The van der Waals surface area contributed by atoms with Gasteiger partial charge in [0.1, 0.15) is 0 Å². The Morgan fingerprint density at radius 2 is 1.94 bits per heavy atom. The molecule has 2 rings (SSSR count). The molecular weight excluding hydrogens is 263 g/mol. The van der Waals surface area contributed by atoms with Crippen LogP contribution in [0, 0.1) is 0 Å². The van der Waals surface area contributed by atoms with E-state index in [0.717, 1.165) is 5.56 Å². The van der Waals surface area contributed by atoms with Crippen molar-refractivity contribution in [2.45, 2.75) is 16.4 Å². The van der Waals surface area contributed by atoms with Crippen molar-refractivity contribution >= 4 is 17.7 Å². The molecule has 0 aromatic heterocycles. The number of thioether (sulfide) groups is 1. The summed E-state index contributed by atoms with van der Waals surface area (Å²) in [6.45, 7) is 0.536. The number of likely N-dealkylation sites (N-methyl/N-ethyl adjacent to an activating group) is 1. The smallest absolute Gasteiger partial charge is 0.370 e. The predicted octanol–water partition coefficient (Wildman–Crippen LogP) is 2.60. The average molecular weight is 275 g/mol. The highest BCUT2D eigenvalue weighted by molar-refractivity contribution is 8.00. The van der Waals surface area contributed by atoms with Crippen LogP contribution < -0.4 is 5.73 Å². The summed E-state index contributed by atoms with van der Waals surface area (Å²) >= 11 is -0.114. The van der Waals surface area contributed by atoms with Gasteiger partial charge in [-0.05, 0) is 29.5 Å². The fraction of sp³-hybridized carbons (Fsp3) is 0.364. The van der Waals surface area contributed by atoms with E-state index in [4.69, 9.17) is 5.73 Å². The first-order valence-corrected chi connectivity index (χ1v) is 6.07. The molecule has 1 aromatic carbocycles. The van der Waals surface area contributed by atoms with Crippen molar-refractivity contribution in [3.8, 4) is 0 Å². The molecule has 1 aliphatic heterocycles. The van der Waals surface area contributed by atoms with Crippen molar-refractivity contribution in [2.75, 3.05) is 13.6 Å². The first kappa shape index (κ1) is 13.1. The normalized spacial score (nSPS) is 20.1. The van der Waals surface area contributed by atoms with Crippen molar-refractivity contribution in [2.24, 2.45) is 10.7 Å². The van der Waals surface area contributed by atoms with Crippen LogP contribution in [0.1, 0.15) is 11.6 Å². The highest BCUT2D eigenvalue weighted by Crippen LogP contribution is 2.37. The maximum Gasteiger partial charge on any atom is 0.446 e. The molecule has 0 amide bonds. The van der Waals surface area contributed by atoms with Crippen molar-refractivity contribution in [3.63, 3.8) is 0 Å². The molecule has 0 saturated heterocycles. The van der Waals surface area contributed by atoms with Crippen LogP contribution >= 0.6 is 11.8 Å². The average Bonchev–Trinajstić information content (AvgIpc) is 2.59. The van der Waals surface area contributed by atoms with Gasteiger partial charge in [-0.2, -0.15) is 13.2 Å². The van der Waals surface area contributed by atoms with E-state index in [1.807, 2.05) is 11.9 Å². The summed E-state index contributed by atoms with van der Waals surface area (Å²) in [4.78, 5) is 6.08. The van der Waals surface area contributed by atoms with Crippen LogP contribution in [-0.2, 0) is 0 Å². The number of rotatable bonds is 2. The van der Waals surface area contributed by atoms with Crippen molar-refractivity contribution in [1.29, 1.82) is 0 Å². The van der Waals surface area contributed by atoms with E-state index in [9.17, 15) is 13.2 Å². The van der Waals surface area contributed by atoms with Gasteiger partial charge in [0.2, 0.25) is 0 Å².